The number of piperazine rings is 2. The Morgan fingerprint density at radius 3 is 2.10 bits per heavy atom. The van der Waals surface area contributed by atoms with Gasteiger partial charge in [-0.25, -0.2) is 0 Å². The van der Waals surface area contributed by atoms with E-state index in [0.717, 1.165) is 0 Å². The van der Waals surface area contributed by atoms with Crippen LogP contribution in [0, 0.1) is 0 Å². The predicted molar refractivity (Wildman–Crippen MR) is 83.8 cm³/mol. The van der Waals surface area contributed by atoms with Crippen LogP contribution >= 0.6 is 0 Å². The Balaban J connectivity index is 0.00000161. The summed E-state index contributed by atoms with van der Waals surface area (Å²) >= 11 is 0. The summed E-state index contributed by atoms with van der Waals surface area (Å²) in [5, 5.41) is 0. The maximum atomic E-state index is 2.66. The minimum absolute atomic E-state index is 0. The van der Waals surface area contributed by atoms with Gasteiger partial charge < -0.3 is 16.9 Å². The van der Waals surface area contributed by atoms with Crippen molar-refractivity contribution in [3.05, 3.63) is 35.9 Å². The van der Waals surface area contributed by atoms with Gasteiger partial charge in [-0.1, -0.05) is 30.3 Å². The summed E-state index contributed by atoms with van der Waals surface area (Å²) < 4.78 is 1.38. The van der Waals surface area contributed by atoms with Gasteiger partial charge in [0, 0.05) is 32.7 Å². The molecule has 2 aliphatic rings. The molecule has 2 fully saturated rings. The van der Waals surface area contributed by atoms with Gasteiger partial charge in [0.2, 0.25) is 0 Å². The van der Waals surface area contributed by atoms with Crippen molar-refractivity contribution >= 4 is 0 Å². The second-order valence-corrected chi connectivity index (χ2v) is 6.62. The van der Waals surface area contributed by atoms with Crippen LogP contribution in [0.1, 0.15) is 5.56 Å². The summed E-state index contributed by atoms with van der Waals surface area (Å²) in [6, 6.07) is 10.9. The number of nitrogens with zero attached hydrogens (tertiary/aromatic N) is 3. The van der Waals surface area contributed by atoms with Crippen molar-refractivity contribution in [2.45, 2.75) is 6.42 Å². The van der Waals surface area contributed by atoms with Crippen LogP contribution in [0.3, 0.4) is 0 Å². The first-order chi connectivity index (χ1) is 9.76. The molecular formula is C17H28ClN3. The van der Waals surface area contributed by atoms with Gasteiger partial charge in [0.05, 0.1) is 26.2 Å². The number of quaternary nitrogens is 1. The van der Waals surface area contributed by atoms with E-state index in [-0.39, 0.29) is 12.4 Å². The number of hydrogen-bond donors (Lipinski definition) is 0. The molecule has 0 atom stereocenters. The van der Waals surface area contributed by atoms with Gasteiger partial charge >= 0.3 is 0 Å². The molecule has 0 N–H and O–H groups in total. The highest BCUT2D eigenvalue weighted by Gasteiger charge is 2.35. The lowest BCUT2D eigenvalue weighted by Crippen LogP contribution is -3.00. The second kappa shape index (κ2) is 7.59. The van der Waals surface area contributed by atoms with Crippen molar-refractivity contribution < 1.29 is 16.9 Å². The topological polar surface area (TPSA) is 6.48 Å². The molecule has 0 unspecified atom stereocenters. The molecule has 2 saturated heterocycles. The van der Waals surface area contributed by atoms with Crippen molar-refractivity contribution in [2.75, 3.05) is 66.0 Å². The van der Waals surface area contributed by atoms with Crippen LogP contribution in [0.2, 0.25) is 0 Å². The third kappa shape index (κ3) is 4.43. The van der Waals surface area contributed by atoms with E-state index in [1.807, 2.05) is 0 Å². The largest absolute Gasteiger partial charge is 1.00 e. The quantitative estimate of drug-likeness (QED) is 0.615. The Bertz CT molecular complexity index is 405. The van der Waals surface area contributed by atoms with Crippen LogP contribution in [-0.4, -0.2) is 80.2 Å². The average Bonchev–Trinajstić information content (AvgIpc) is 2.51. The first-order valence-electron chi connectivity index (χ1n) is 8.06. The van der Waals surface area contributed by atoms with Gasteiger partial charge in [-0.05, 0) is 19.0 Å². The molecule has 21 heavy (non-hydrogen) atoms. The van der Waals surface area contributed by atoms with Crippen LogP contribution < -0.4 is 12.4 Å². The highest BCUT2D eigenvalue weighted by molar-refractivity contribution is 5.14. The lowest BCUT2D eigenvalue weighted by atomic mass is 10.1. The first kappa shape index (κ1) is 16.8. The highest BCUT2D eigenvalue weighted by Crippen LogP contribution is 2.17. The minimum Gasteiger partial charge on any atom is -1.00 e. The van der Waals surface area contributed by atoms with Gasteiger partial charge in [-0.2, -0.15) is 0 Å². The van der Waals surface area contributed by atoms with Gasteiger partial charge in [0.1, 0.15) is 0 Å². The minimum atomic E-state index is 0. The van der Waals surface area contributed by atoms with E-state index in [4.69, 9.17) is 0 Å². The lowest BCUT2D eigenvalue weighted by Gasteiger charge is -2.48. The van der Waals surface area contributed by atoms with Crippen LogP contribution in [0.5, 0.6) is 0 Å². The Morgan fingerprint density at radius 2 is 1.48 bits per heavy atom. The van der Waals surface area contributed by atoms with E-state index in [1.165, 1.54) is 75.4 Å². The number of benzene rings is 1. The summed E-state index contributed by atoms with van der Waals surface area (Å²) in [4.78, 5) is 5.14. The second-order valence-electron chi connectivity index (χ2n) is 6.62. The van der Waals surface area contributed by atoms with E-state index in [2.05, 4.69) is 47.2 Å². The fourth-order valence-corrected chi connectivity index (χ4v) is 3.52. The molecule has 0 aromatic heterocycles. The highest BCUT2D eigenvalue weighted by atomic mass is 35.5. The fraction of sp³-hybridized carbons (Fsp3) is 0.647. The van der Waals surface area contributed by atoms with E-state index in [0.29, 0.717) is 0 Å². The summed E-state index contributed by atoms with van der Waals surface area (Å²) in [6.07, 6.45) is 1.20. The zero-order valence-corrected chi connectivity index (χ0v) is 13.9. The van der Waals surface area contributed by atoms with Crippen molar-refractivity contribution in [3.63, 3.8) is 0 Å². The van der Waals surface area contributed by atoms with E-state index >= 15 is 0 Å². The molecule has 0 saturated carbocycles. The first-order valence-corrected chi connectivity index (χ1v) is 8.06. The third-order valence-electron chi connectivity index (χ3n) is 5.25. The van der Waals surface area contributed by atoms with E-state index in [1.54, 1.807) is 0 Å². The van der Waals surface area contributed by atoms with Crippen LogP contribution in [0.15, 0.2) is 30.3 Å². The molecule has 0 bridgehead atoms. The SMILES string of the molecule is CN1CC[N+]2(CC1)CCN(CCc1ccccc1)CC2.[Cl-]. The molecule has 118 valence electrons. The monoisotopic (exact) mass is 309 g/mol. The smallest absolute Gasteiger partial charge is 0.0917 e. The predicted octanol–water partition coefficient (Wildman–Crippen LogP) is -1.69. The van der Waals surface area contributed by atoms with Gasteiger partial charge in [0.15, 0.2) is 0 Å². The number of hydrogen-bond acceptors (Lipinski definition) is 2. The molecule has 2 aliphatic heterocycles. The van der Waals surface area contributed by atoms with Gasteiger partial charge in [0.25, 0.3) is 0 Å². The Kier molecular flexibility index (Phi) is 6.06. The van der Waals surface area contributed by atoms with E-state index < -0.39 is 0 Å². The molecule has 0 aliphatic carbocycles. The maximum Gasteiger partial charge on any atom is 0.0917 e. The molecule has 1 aromatic rings. The Morgan fingerprint density at radius 1 is 0.905 bits per heavy atom. The van der Waals surface area contributed by atoms with Crippen molar-refractivity contribution in [1.29, 1.82) is 0 Å². The van der Waals surface area contributed by atoms with Gasteiger partial charge in [-0.15, -0.1) is 0 Å². The van der Waals surface area contributed by atoms with Crippen LogP contribution in [-0.2, 0) is 6.42 Å². The van der Waals surface area contributed by atoms with Gasteiger partial charge in [-0.3, -0.25) is 9.80 Å². The maximum absolute atomic E-state index is 2.66. The Labute approximate surface area is 135 Å². The fourth-order valence-electron chi connectivity index (χ4n) is 3.52. The molecular weight excluding hydrogens is 282 g/mol. The number of halogens is 1. The molecule has 3 nitrogen and oxygen atoms in total. The molecule has 1 spiro atoms. The summed E-state index contributed by atoms with van der Waals surface area (Å²) in [5.74, 6) is 0. The lowest BCUT2D eigenvalue weighted by molar-refractivity contribution is -0.935. The third-order valence-corrected chi connectivity index (χ3v) is 5.25. The summed E-state index contributed by atoms with van der Waals surface area (Å²) in [5.41, 5.74) is 1.47. The van der Waals surface area contributed by atoms with Crippen molar-refractivity contribution in [1.82, 2.24) is 9.80 Å². The normalized spacial score (nSPS) is 22.9. The molecule has 2 heterocycles. The van der Waals surface area contributed by atoms with Crippen molar-refractivity contribution in [2.24, 2.45) is 0 Å². The summed E-state index contributed by atoms with van der Waals surface area (Å²) in [6.45, 7) is 11.8. The molecule has 4 heteroatoms. The molecule has 0 amide bonds. The van der Waals surface area contributed by atoms with Crippen LogP contribution in [0.4, 0.5) is 0 Å². The van der Waals surface area contributed by atoms with Crippen LogP contribution in [0.25, 0.3) is 0 Å². The molecule has 1 aromatic carbocycles. The summed E-state index contributed by atoms with van der Waals surface area (Å²) in [7, 11) is 2.26. The average molecular weight is 310 g/mol. The molecule has 0 radical (unpaired) electrons. The van der Waals surface area contributed by atoms with Crippen molar-refractivity contribution in [3.8, 4) is 0 Å². The number of likely N-dealkylation sites (N-methyl/N-ethyl adjacent to an activating group) is 1. The standard InChI is InChI=1S/C17H28N3.ClH/c1-18-9-13-20(14-10-18)15-11-19(12-16-20)8-7-17-5-3-2-4-6-17;/h2-6H,7-16H2,1H3;1H/q+1;/p-1. The Hall–Kier alpha value is -0.610. The molecule has 3 rings (SSSR count). The zero-order valence-electron chi connectivity index (χ0n) is 13.2. The number of rotatable bonds is 3. The zero-order chi connectivity index (χ0) is 13.8. The van der Waals surface area contributed by atoms with E-state index in [9.17, 15) is 0 Å².